The second-order valence-electron chi connectivity index (χ2n) is 5.45. The zero-order valence-electron chi connectivity index (χ0n) is 12.1. The molecule has 0 radical (unpaired) electrons. The highest BCUT2D eigenvalue weighted by molar-refractivity contribution is 5.99. The van der Waals surface area contributed by atoms with E-state index >= 15 is 0 Å². The molecule has 2 rings (SSSR count). The summed E-state index contributed by atoms with van der Waals surface area (Å²) in [5.41, 5.74) is -0.592. The Bertz CT molecular complexity index is 534. The fourth-order valence-corrected chi connectivity index (χ4v) is 2.64. The van der Waals surface area contributed by atoms with E-state index in [9.17, 15) is 18.0 Å². The zero-order valence-corrected chi connectivity index (χ0v) is 12.1. The molecule has 0 bridgehead atoms. The van der Waals surface area contributed by atoms with Gasteiger partial charge in [-0.1, -0.05) is 13.0 Å². The lowest BCUT2D eigenvalue weighted by Gasteiger charge is -2.27. The van der Waals surface area contributed by atoms with Crippen molar-refractivity contribution >= 4 is 11.6 Å². The summed E-state index contributed by atoms with van der Waals surface area (Å²) in [5.74, 6) is -0.259. The van der Waals surface area contributed by atoms with E-state index < -0.39 is 17.3 Å². The quantitative estimate of drug-likeness (QED) is 0.897. The second kappa shape index (κ2) is 5.67. The predicted octanol–water partition coefficient (Wildman–Crippen LogP) is 3.48. The maximum absolute atomic E-state index is 12.8. The van der Waals surface area contributed by atoms with Gasteiger partial charge in [-0.3, -0.25) is 4.79 Å². The first-order valence-electron chi connectivity index (χ1n) is 7.03. The molecule has 1 aromatic rings. The number of nitrogens with one attached hydrogen (secondary N) is 2. The fraction of sp³-hybridized carbons (Fsp3) is 0.533. The van der Waals surface area contributed by atoms with Gasteiger partial charge >= 0.3 is 6.18 Å². The van der Waals surface area contributed by atoms with Crippen molar-refractivity contribution in [1.82, 2.24) is 5.32 Å². The maximum atomic E-state index is 12.8. The first-order valence-corrected chi connectivity index (χ1v) is 7.03. The average Bonchev–Trinajstić information content (AvgIpc) is 2.90. The summed E-state index contributed by atoms with van der Waals surface area (Å²) >= 11 is 0. The molecule has 0 aliphatic carbocycles. The lowest BCUT2D eigenvalue weighted by atomic mass is 9.93. The number of amides is 1. The third kappa shape index (κ3) is 3.20. The van der Waals surface area contributed by atoms with Crippen molar-refractivity contribution in [3.63, 3.8) is 0 Å². The van der Waals surface area contributed by atoms with Gasteiger partial charge in [-0.25, -0.2) is 0 Å². The third-order valence-corrected chi connectivity index (χ3v) is 4.10. The Hall–Kier alpha value is -1.56. The van der Waals surface area contributed by atoms with Gasteiger partial charge in [0, 0.05) is 5.69 Å². The molecule has 1 atom stereocenters. The van der Waals surface area contributed by atoms with Gasteiger partial charge in [-0.15, -0.1) is 0 Å². The van der Waals surface area contributed by atoms with Crippen LogP contribution in [0.1, 0.15) is 37.3 Å². The Morgan fingerprint density at radius 1 is 1.43 bits per heavy atom. The predicted molar refractivity (Wildman–Crippen MR) is 75.1 cm³/mol. The molecule has 3 nitrogen and oxygen atoms in total. The normalized spacial score (nSPS) is 22.3. The molecule has 1 aromatic carbocycles. The largest absolute Gasteiger partial charge is 0.416 e. The van der Waals surface area contributed by atoms with Gasteiger partial charge in [0.05, 0.1) is 11.1 Å². The summed E-state index contributed by atoms with van der Waals surface area (Å²) in [5, 5.41) is 5.82. The van der Waals surface area contributed by atoms with Crippen LogP contribution >= 0.6 is 0 Å². The van der Waals surface area contributed by atoms with E-state index in [0.29, 0.717) is 18.4 Å². The van der Waals surface area contributed by atoms with Crippen molar-refractivity contribution in [3.8, 4) is 0 Å². The van der Waals surface area contributed by atoms with Crippen LogP contribution in [0.5, 0.6) is 0 Å². The van der Waals surface area contributed by atoms with Crippen LogP contribution in [0.4, 0.5) is 18.9 Å². The van der Waals surface area contributed by atoms with Crippen LogP contribution in [0.2, 0.25) is 0 Å². The second-order valence-corrected chi connectivity index (χ2v) is 5.45. The first kappa shape index (κ1) is 15.8. The molecular weight excluding hydrogens is 281 g/mol. The van der Waals surface area contributed by atoms with Crippen molar-refractivity contribution in [2.45, 2.75) is 44.8 Å². The number of halogens is 3. The maximum Gasteiger partial charge on any atom is 0.416 e. The van der Waals surface area contributed by atoms with Crippen LogP contribution in [-0.2, 0) is 11.0 Å². The van der Waals surface area contributed by atoms with Crippen molar-refractivity contribution in [2.75, 3.05) is 11.9 Å². The molecule has 1 amide bonds. The number of carbonyl (C=O) groups excluding carboxylic acids is 1. The Morgan fingerprint density at radius 3 is 2.67 bits per heavy atom. The highest BCUT2D eigenvalue weighted by atomic mass is 19.4. The lowest BCUT2D eigenvalue weighted by Crippen LogP contribution is -2.50. The van der Waals surface area contributed by atoms with E-state index in [-0.39, 0.29) is 11.6 Å². The molecule has 0 aromatic heterocycles. The van der Waals surface area contributed by atoms with Crippen LogP contribution in [0.15, 0.2) is 18.2 Å². The number of hydrogen-bond donors (Lipinski definition) is 2. The minimum absolute atomic E-state index is 0.219. The molecule has 1 unspecified atom stereocenters. The minimum atomic E-state index is -4.42. The van der Waals surface area contributed by atoms with Crippen LogP contribution < -0.4 is 10.6 Å². The lowest BCUT2D eigenvalue weighted by molar-refractivity contribution is -0.137. The Kier molecular flexibility index (Phi) is 4.27. The fourth-order valence-electron chi connectivity index (χ4n) is 2.64. The van der Waals surface area contributed by atoms with Gasteiger partial charge < -0.3 is 10.6 Å². The molecule has 1 heterocycles. The topological polar surface area (TPSA) is 41.1 Å². The van der Waals surface area contributed by atoms with Gasteiger partial charge in [0.15, 0.2) is 0 Å². The number of benzene rings is 1. The summed E-state index contributed by atoms with van der Waals surface area (Å²) < 4.78 is 38.3. The van der Waals surface area contributed by atoms with Crippen molar-refractivity contribution in [1.29, 1.82) is 0 Å². The molecule has 2 N–H and O–H groups in total. The summed E-state index contributed by atoms with van der Waals surface area (Å²) in [6, 6.07) is 3.39. The molecule has 1 aliphatic heterocycles. The Balaban J connectivity index is 2.25. The number of aryl methyl sites for hydroxylation is 1. The van der Waals surface area contributed by atoms with E-state index in [0.717, 1.165) is 25.1 Å². The Labute approximate surface area is 121 Å². The highest BCUT2D eigenvalue weighted by Gasteiger charge is 2.39. The Morgan fingerprint density at radius 2 is 2.14 bits per heavy atom. The van der Waals surface area contributed by atoms with Gasteiger partial charge in [0.2, 0.25) is 5.91 Å². The smallest absolute Gasteiger partial charge is 0.324 e. The zero-order chi connectivity index (χ0) is 15.7. The summed E-state index contributed by atoms with van der Waals surface area (Å²) in [7, 11) is 0. The van der Waals surface area contributed by atoms with E-state index in [2.05, 4.69) is 10.6 Å². The summed E-state index contributed by atoms with van der Waals surface area (Å²) in [6.45, 7) is 4.33. The molecule has 116 valence electrons. The molecule has 1 saturated heterocycles. The monoisotopic (exact) mass is 300 g/mol. The molecule has 21 heavy (non-hydrogen) atoms. The van der Waals surface area contributed by atoms with Crippen molar-refractivity contribution < 1.29 is 18.0 Å². The van der Waals surface area contributed by atoms with E-state index in [4.69, 9.17) is 0 Å². The molecule has 0 spiro atoms. The molecule has 1 fully saturated rings. The third-order valence-electron chi connectivity index (χ3n) is 4.10. The molecule has 1 aliphatic rings. The molecule has 0 saturated carbocycles. The van der Waals surface area contributed by atoms with E-state index in [1.165, 1.54) is 6.07 Å². The van der Waals surface area contributed by atoms with Gasteiger partial charge in [-0.2, -0.15) is 13.2 Å². The summed E-state index contributed by atoms with van der Waals surface area (Å²) in [4.78, 5) is 12.4. The number of hydrogen-bond acceptors (Lipinski definition) is 2. The number of alkyl halides is 3. The van der Waals surface area contributed by atoms with Crippen LogP contribution in [0.25, 0.3) is 0 Å². The SMILES string of the molecule is CCC1(C(=O)Nc2cc(C(F)(F)F)ccc2C)CCCN1. The van der Waals surface area contributed by atoms with Crippen molar-refractivity contribution in [2.24, 2.45) is 0 Å². The highest BCUT2D eigenvalue weighted by Crippen LogP contribution is 2.33. The molecular formula is C15H19F3N2O. The van der Waals surface area contributed by atoms with Crippen LogP contribution in [0.3, 0.4) is 0 Å². The van der Waals surface area contributed by atoms with E-state index in [1.54, 1.807) is 6.92 Å². The first-order chi connectivity index (χ1) is 9.78. The number of anilines is 1. The number of rotatable bonds is 3. The van der Waals surface area contributed by atoms with Crippen molar-refractivity contribution in [3.05, 3.63) is 29.3 Å². The minimum Gasteiger partial charge on any atom is -0.324 e. The van der Waals surface area contributed by atoms with E-state index in [1.807, 2.05) is 6.92 Å². The van der Waals surface area contributed by atoms with Crippen LogP contribution in [-0.4, -0.2) is 18.0 Å². The van der Waals surface area contributed by atoms with Gasteiger partial charge in [0.1, 0.15) is 0 Å². The van der Waals surface area contributed by atoms with Gasteiger partial charge in [0.25, 0.3) is 0 Å². The van der Waals surface area contributed by atoms with Gasteiger partial charge in [-0.05, 0) is 50.4 Å². The number of carbonyl (C=O) groups is 1. The molecule has 6 heteroatoms. The van der Waals surface area contributed by atoms with Crippen LogP contribution in [0, 0.1) is 6.92 Å². The average molecular weight is 300 g/mol. The summed E-state index contributed by atoms with van der Waals surface area (Å²) in [6.07, 6.45) is -2.21. The standard InChI is InChI=1S/C15H19F3N2O/c1-3-14(7-4-8-19-14)13(21)20-12-9-11(15(16,17)18)6-5-10(12)2/h5-6,9,19H,3-4,7-8H2,1-2H3,(H,20,21).